The quantitative estimate of drug-likeness (QED) is 0.601. The van der Waals surface area contributed by atoms with Crippen LogP contribution in [-0.4, -0.2) is 62.0 Å². The number of benzene rings is 1. The summed E-state index contributed by atoms with van der Waals surface area (Å²) in [6.07, 6.45) is 3.82. The minimum Gasteiger partial charge on any atom is -0.507 e. The van der Waals surface area contributed by atoms with Crippen molar-refractivity contribution in [2.24, 2.45) is 0 Å². The summed E-state index contributed by atoms with van der Waals surface area (Å²) >= 11 is 1.33. The molecule has 1 saturated heterocycles. The van der Waals surface area contributed by atoms with Crippen molar-refractivity contribution in [3.8, 4) is 23.1 Å². The summed E-state index contributed by atoms with van der Waals surface area (Å²) in [5.41, 5.74) is 1.45. The molecule has 3 aromatic rings. The molecule has 0 bridgehead atoms. The Morgan fingerprint density at radius 3 is 3.04 bits per heavy atom. The van der Waals surface area contributed by atoms with Crippen molar-refractivity contribution in [3.63, 3.8) is 0 Å². The van der Waals surface area contributed by atoms with Crippen molar-refractivity contribution in [2.75, 3.05) is 31.6 Å². The number of fused-ring (bicyclic) bond motifs is 1. The molecule has 144 valence electrons. The van der Waals surface area contributed by atoms with Gasteiger partial charge in [0.25, 0.3) is 0 Å². The summed E-state index contributed by atoms with van der Waals surface area (Å²) in [6.45, 7) is 2.68. The van der Waals surface area contributed by atoms with Gasteiger partial charge in [-0.2, -0.15) is 9.64 Å². The fourth-order valence-corrected chi connectivity index (χ4v) is 4.28. The Labute approximate surface area is 166 Å². The number of nitrogens with one attached hydrogen (secondary N) is 1. The third-order valence-electron chi connectivity index (χ3n) is 4.94. The Bertz CT molecular complexity index is 1030. The molecule has 1 atom stereocenters. The predicted octanol–water partition coefficient (Wildman–Crippen LogP) is 2.20. The number of phenolic OH excluding ortho intramolecular Hbond substituents is 1. The highest BCUT2D eigenvalue weighted by Gasteiger charge is 2.22. The monoisotopic (exact) mass is 396 g/mol. The fraction of sp³-hybridized carbons (Fsp3) is 0.368. The minimum atomic E-state index is -0.00603. The van der Waals surface area contributed by atoms with Crippen molar-refractivity contribution in [3.05, 3.63) is 30.0 Å². The molecular weight excluding hydrogens is 376 g/mol. The van der Waals surface area contributed by atoms with Crippen molar-refractivity contribution < 1.29 is 10.2 Å². The minimum absolute atomic E-state index is 0.00603. The number of anilines is 1. The molecule has 9 heteroatoms. The Hall–Kier alpha value is -2.80. The first-order chi connectivity index (χ1) is 13.7. The predicted molar refractivity (Wildman–Crippen MR) is 107 cm³/mol. The molecule has 1 fully saturated rings. The SMILES string of the molecule is N#Cc1ccc(-c2nnc(N[C@@H]3CCCN(CCO)C3)c3sncc23)c(O)c1. The highest BCUT2D eigenvalue weighted by molar-refractivity contribution is 7.14. The second kappa shape index (κ2) is 8.06. The molecule has 2 aromatic heterocycles. The van der Waals surface area contributed by atoms with E-state index in [1.165, 1.54) is 17.6 Å². The van der Waals surface area contributed by atoms with Crippen LogP contribution in [0.5, 0.6) is 5.75 Å². The third kappa shape index (κ3) is 3.62. The van der Waals surface area contributed by atoms with Crippen LogP contribution < -0.4 is 5.32 Å². The number of aromatic nitrogens is 3. The van der Waals surface area contributed by atoms with Crippen LogP contribution in [0.2, 0.25) is 0 Å². The van der Waals surface area contributed by atoms with Crippen LogP contribution in [0.25, 0.3) is 21.3 Å². The summed E-state index contributed by atoms with van der Waals surface area (Å²) in [5.74, 6) is 0.679. The first-order valence-electron chi connectivity index (χ1n) is 9.14. The van der Waals surface area contributed by atoms with Crippen molar-refractivity contribution in [1.82, 2.24) is 19.5 Å². The van der Waals surface area contributed by atoms with Crippen LogP contribution in [0.4, 0.5) is 5.82 Å². The van der Waals surface area contributed by atoms with Gasteiger partial charge in [-0.25, -0.2) is 0 Å². The van der Waals surface area contributed by atoms with Gasteiger partial charge in [0.05, 0.1) is 24.4 Å². The zero-order chi connectivity index (χ0) is 19.5. The maximum atomic E-state index is 10.3. The zero-order valence-electron chi connectivity index (χ0n) is 15.2. The smallest absolute Gasteiger partial charge is 0.168 e. The van der Waals surface area contributed by atoms with E-state index in [9.17, 15) is 10.2 Å². The Morgan fingerprint density at radius 1 is 1.36 bits per heavy atom. The molecule has 0 aliphatic carbocycles. The Kier molecular flexibility index (Phi) is 5.34. The van der Waals surface area contributed by atoms with Gasteiger partial charge in [0.15, 0.2) is 5.82 Å². The molecule has 0 unspecified atom stereocenters. The summed E-state index contributed by atoms with van der Waals surface area (Å²) in [4.78, 5) is 2.24. The van der Waals surface area contributed by atoms with E-state index in [0.29, 0.717) is 29.2 Å². The maximum absolute atomic E-state index is 10.3. The van der Waals surface area contributed by atoms with Crippen LogP contribution in [-0.2, 0) is 0 Å². The molecule has 28 heavy (non-hydrogen) atoms. The number of rotatable bonds is 5. The zero-order valence-corrected chi connectivity index (χ0v) is 16.0. The third-order valence-corrected chi connectivity index (χ3v) is 5.74. The molecular formula is C19H20N6O2S. The van der Waals surface area contributed by atoms with Gasteiger partial charge in [-0.05, 0) is 49.1 Å². The number of hydrogen-bond donors (Lipinski definition) is 3. The molecule has 3 N–H and O–H groups in total. The van der Waals surface area contributed by atoms with Gasteiger partial charge in [0, 0.05) is 30.1 Å². The second-order valence-electron chi connectivity index (χ2n) is 6.82. The van der Waals surface area contributed by atoms with Crippen molar-refractivity contribution in [1.29, 1.82) is 5.26 Å². The van der Waals surface area contributed by atoms with Gasteiger partial charge < -0.3 is 15.5 Å². The van der Waals surface area contributed by atoms with Gasteiger partial charge >= 0.3 is 0 Å². The van der Waals surface area contributed by atoms with E-state index >= 15 is 0 Å². The second-order valence-corrected chi connectivity index (χ2v) is 7.62. The highest BCUT2D eigenvalue weighted by atomic mass is 32.1. The molecule has 3 heterocycles. The van der Waals surface area contributed by atoms with Crippen LogP contribution in [0.15, 0.2) is 24.4 Å². The van der Waals surface area contributed by atoms with Gasteiger partial charge in [-0.1, -0.05) is 0 Å². The first kappa shape index (κ1) is 18.6. The molecule has 8 nitrogen and oxygen atoms in total. The summed E-state index contributed by atoms with van der Waals surface area (Å²) in [7, 11) is 0. The highest BCUT2D eigenvalue weighted by Crippen LogP contribution is 2.36. The van der Waals surface area contributed by atoms with E-state index in [0.717, 1.165) is 36.0 Å². The van der Waals surface area contributed by atoms with E-state index < -0.39 is 0 Å². The van der Waals surface area contributed by atoms with Gasteiger partial charge in [0.2, 0.25) is 0 Å². The lowest BCUT2D eigenvalue weighted by molar-refractivity contribution is 0.166. The largest absolute Gasteiger partial charge is 0.507 e. The molecule has 1 aliphatic heterocycles. The van der Waals surface area contributed by atoms with Gasteiger partial charge in [0.1, 0.15) is 16.1 Å². The number of aromatic hydroxyl groups is 1. The average Bonchev–Trinajstić information content (AvgIpc) is 3.19. The Morgan fingerprint density at radius 2 is 2.25 bits per heavy atom. The van der Waals surface area contributed by atoms with Gasteiger partial charge in [-0.3, -0.25) is 4.90 Å². The first-order valence-corrected chi connectivity index (χ1v) is 9.91. The molecule has 0 saturated carbocycles. The number of piperidine rings is 1. The van der Waals surface area contributed by atoms with Crippen molar-refractivity contribution >= 4 is 27.4 Å². The lowest BCUT2D eigenvalue weighted by Gasteiger charge is -2.32. The number of aliphatic hydroxyl groups is 1. The standard InChI is InChI=1S/C19H20N6O2S/c20-9-12-3-4-14(16(27)8-12)17-15-10-21-28-18(15)19(24-23-17)22-13-2-1-5-25(11-13)6-7-26/h3-4,8,10,13,26-27H,1-2,5-7,11H2,(H,22,24)/t13-/m1/s1. The summed E-state index contributed by atoms with van der Waals surface area (Å²) in [6, 6.07) is 6.99. The number of phenols is 1. The molecule has 1 aromatic carbocycles. The molecule has 4 rings (SSSR count). The van der Waals surface area contributed by atoms with E-state index in [-0.39, 0.29) is 18.4 Å². The number of nitriles is 1. The van der Waals surface area contributed by atoms with Crippen molar-refractivity contribution in [2.45, 2.75) is 18.9 Å². The fourth-order valence-electron chi connectivity index (χ4n) is 3.58. The van der Waals surface area contributed by atoms with Crippen LogP contribution in [0, 0.1) is 11.3 Å². The number of nitrogens with zero attached hydrogens (tertiary/aromatic N) is 5. The van der Waals surface area contributed by atoms with Crippen LogP contribution >= 0.6 is 11.5 Å². The maximum Gasteiger partial charge on any atom is 0.168 e. The number of likely N-dealkylation sites (tertiary alicyclic amines) is 1. The molecule has 0 spiro atoms. The normalized spacial score (nSPS) is 17.5. The summed E-state index contributed by atoms with van der Waals surface area (Å²) < 4.78 is 5.18. The molecule has 0 amide bonds. The van der Waals surface area contributed by atoms with E-state index in [1.54, 1.807) is 18.3 Å². The topological polar surface area (TPSA) is 118 Å². The number of hydrogen-bond acceptors (Lipinski definition) is 9. The van der Waals surface area contributed by atoms with E-state index in [1.807, 2.05) is 6.07 Å². The van der Waals surface area contributed by atoms with Gasteiger partial charge in [-0.15, -0.1) is 10.2 Å². The number of aliphatic hydroxyl groups excluding tert-OH is 1. The lowest BCUT2D eigenvalue weighted by atomic mass is 10.0. The van der Waals surface area contributed by atoms with E-state index in [2.05, 4.69) is 24.8 Å². The van der Waals surface area contributed by atoms with Crippen LogP contribution in [0.1, 0.15) is 18.4 Å². The molecule has 0 radical (unpaired) electrons. The van der Waals surface area contributed by atoms with E-state index in [4.69, 9.17) is 5.26 Å². The average molecular weight is 396 g/mol. The number of β-amino-alcohol motifs (C(OH)–C–C–N with tert-alkyl or cyclic N) is 1. The Balaban J connectivity index is 1.64. The lowest BCUT2D eigenvalue weighted by Crippen LogP contribution is -2.43. The van der Waals surface area contributed by atoms with Crippen LogP contribution in [0.3, 0.4) is 0 Å². The molecule has 1 aliphatic rings. The summed E-state index contributed by atoms with van der Waals surface area (Å²) in [5, 5.41) is 41.5.